The summed E-state index contributed by atoms with van der Waals surface area (Å²) in [6.45, 7) is 0. The number of fused-ring (bicyclic) bond motifs is 1. The van der Waals surface area contributed by atoms with Gasteiger partial charge in [-0.2, -0.15) is 0 Å². The quantitative estimate of drug-likeness (QED) is 0.569. The summed E-state index contributed by atoms with van der Waals surface area (Å²) in [5.74, 6) is 0.615. The maximum atomic E-state index is 11.9. The number of nitrogens with two attached hydrogens (primary N) is 1. The number of thiazole rings is 1. The van der Waals surface area contributed by atoms with Crippen molar-refractivity contribution < 1.29 is 0 Å². The Kier molecular flexibility index (Phi) is 3.82. The van der Waals surface area contributed by atoms with Crippen molar-refractivity contribution in [2.24, 2.45) is 0 Å². The van der Waals surface area contributed by atoms with E-state index in [0.717, 1.165) is 25.7 Å². The van der Waals surface area contributed by atoms with Crippen LogP contribution in [0.4, 0.5) is 5.69 Å². The highest BCUT2D eigenvalue weighted by molar-refractivity contribution is 9.10. The Morgan fingerprint density at radius 1 is 1.40 bits per heavy atom. The summed E-state index contributed by atoms with van der Waals surface area (Å²) in [6, 6.07) is 7.30. The van der Waals surface area contributed by atoms with Crippen molar-refractivity contribution in [2.75, 3.05) is 5.73 Å². The minimum absolute atomic E-state index is 0.0472. The van der Waals surface area contributed by atoms with Gasteiger partial charge in [0.1, 0.15) is 0 Å². The second-order valence-electron chi connectivity index (χ2n) is 4.11. The molecule has 0 aliphatic rings. The van der Waals surface area contributed by atoms with Gasteiger partial charge in [-0.1, -0.05) is 15.9 Å². The minimum atomic E-state index is -0.0472. The predicted molar refractivity (Wildman–Crippen MR) is 87.5 cm³/mol. The van der Waals surface area contributed by atoms with Crippen LogP contribution in [-0.2, 0) is 5.75 Å². The Balaban J connectivity index is 1.86. The number of aromatic nitrogens is 2. The number of rotatable bonds is 3. The topological polar surface area (TPSA) is 60.4 Å². The van der Waals surface area contributed by atoms with Crippen LogP contribution in [0.3, 0.4) is 0 Å². The van der Waals surface area contributed by atoms with Gasteiger partial charge in [-0.3, -0.25) is 9.20 Å². The molecule has 0 saturated carbocycles. The first-order valence-corrected chi connectivity index (χ1v) is 8.43. The summed E-state index contributed by atoms with van der Waals surface area (Å²) in [6.07, 6.45) is 1.73. The van der Waals surface area contributed by atoms with E-state index in [1.54, 1.807) is 28.4 Å². The monoisotopic (exact) mass is 367 g/mol. The van der Waals surface area contributed by atoms with Gasteiger partial charge >= 0.3 is 0 Å². The largest absolute Gasteiger partial charge is 0.398 e. The van der Waals surface area contributed by atoms with E-state index in [1.807, 2.05) is 23.6 Å². The molecule has 0 aliphatic carbocycles. The van der Waals surface area contributed by atoms with E-state index in [0.29, 0.717) is 5.75 Å². The molecule has 3 aromatic rings. The molecule has 1 aromatic carbocycles. The molecule has 102 valence electrons. The summed E-state index contributed by atoms with van der Waals surface area (Å²) in [4.78, 5) is 18.0. The molecular formula is C13H10BrN3OS2. The van der Waals surface area contributed by atoms with Crippen LogP contribution in [0.2, 0.25) is 0 Å². The van der Waals surface area contributed by atoms with Gasteiger partial charge < -0.3 is 5.73 Å². The number of hydrogen-bond acceptors (Lipinski definition) is 5. The molecule has 0 fully saturated rings. The van der Waals surface area contributed by atoms with Gasteiger partial charge in [-0.15, -0.1) is 23.1 Å². The zero-order valence-electron chi connectivity index (χ0n) is 10.2. The summed E-state index contributed by atoms with van der Waals surface area (Å²) < 4.78 is 2.53. The zero-order valence-corrected chi connectivity index (χ0v) is 13.5. The Morgan fingerprint density at radius 3 is 3.10 bits per heavy atom. The van der Waals surface area contributed by atoms with Crippen LogP contribution in [0.25, 0.3) is 4.96 Å². The molecule has 7 heteroatoms. The third kappa shape index (κ3) is 2.74. The molecule has 4 nitrogen and oxygen atoms in total. The third-order valence-electron chi connectivity index (χ3n) is 2.71. The Morgan fingerprint density at radius 2 is 2.25 bits per heavy atom. The van der Waals surface area contributed by atoms with E-state index in [1.165, 1.54) is 11.3 Å². The number of nitrogen functional groups attached to an aromatic ring is 1. The summed E-state index contributed by atoms with van der Waals surface area (Å²) >= 11 is 6.45. The lowest BCUT2D eigenvalue weighted by Crippen LogP contribution is -2.12. The van der Waals surface area contributed by atoms with Gasteiger partial charge in [0.25, 0.3) is 5.56 Å². The van der Waals surface area contributed by atoms with Crippen molar-refractivity contribution in [3.05, 3.63) is 56.4 Å². The molecule has 0 spiro atoms. The predicted octanol–water partition coefficient (Wildman–Crippen LogP) is 3.39. The SMILES string of the molecule is Nc1ccc(Br)cc1SCc1cc(=O)n2ccsc2n1. The lowest BCUT2D eigenvalue weighted by molar-refractivity contribution is 1.04. The van der Waals surface area contributed by atoms with Crippen LogP contribution in [0.1, 0.15) is 5.69 Å². The molecule has 0 radical (unpaired) electrons. The first-order valence-electron chi connectivity index (χ1n) is 5.77. The molecule has 0 saturated heterocycles. The molecule has 0 unspecified atom stereocenters. The van der Waals surface area contributed by atoms with Crippen molar-refractivity contribution in [3.8, 4) is 0 Å². The van der Waals surface area contributed by atoms with Gasteiger partial charge in [0.2, 0.25) is 0 Å². The molecule has 0 aliphatic heterocycles. The second kappa shape index (κ2) is 5.59. The van der Waals surface area contributed by atoms with Gasteiger partial charge in [0.05, 0.1) is 5.69 Å². The van der Waals surface area contributed by atoms with Crippen LogP contribution in [0, 0.1) is 0 Å². The average Bonchev–Trinajstić information content (AvgIpc) is 2.89. The fraction of sp³-hybridized carbons (Fsp3) is 0.0769. The fourth-order valence-corrected chi connectivity index (χ4v) is 3.89. The molecule has 2 aromatic heterocycles. The van der Waals surface area contributed by atoms with Gasteiger partial charge in [-0.25, -0.2) is 4.98 Å². The van der Waals surface area contributed by atoms with E-state index in [-0.39, 0.29) is 5.56 Å². The van der Waals surface area contributed by atoms with Crippen molar-refractivity contribution in [2.45, 2.75) is 10.6 Å². The Hall–Kier alpha value is -1.31. The minimum Gasteiger partial charge on any atom is -0.398 e. The maximum absolute atomic E-state index is 11.9. The summed E-state index contributed by atoms with van der Waals surface area (Å²) in [7, 11) is 0. The summed E-state index contributed by atoms with van der Waals surface area (Å²) in [5, 5.41) is 1.85. The van der Waals surface area contributed by atoms with Gasteiger partial charge in [0.15, 0.2) is 4.96 Å². The number of anilines is 1. The Labute approximate surface area is 131 Å². The normalized spacial score (nSPS) is 11.1. The second-order valence-corrected chi connectivity index (χ2v) is 6.92. The maximum Gasteiger partial charge on any atom is 0.258 e. The van der Waals surface area contributed by atoms with Crippen LogP contribution in [0.5, 0.6) is 0 Å². The van der Waals surface area contributed by atoms with Crippen LogP contribution in [-0.4, -0.2) is 9.38 Å². The van der Waals surface area contributed by atoms with Gasteiger partial charge in [-0.05, 0) is 18.2 Å². The molecule has 0 atom stereocenters. The number of thioether (sulfide) groups is 1. The molecule has 0 bridgehead atoms. The van der Waals surface area contributed by atoms with Crippen LogP contribution >= 0.6 is 39.0 Å². The van der Waals surface area contributed by atoms with E-state index in [9.17, 15) is 4.79 Å². The van der Waals surface area contributed by atoms with E-state index >= 15 is 0 Å². The van der Waals surface area contributed by atoms with Crippen LogP contribution in [0.15, 0.2) is 50.0 Å². The van der Waals surface area contributed by atoms with E-state index in [4.69, 9.17) is 5.73 Å². The van der Waals surface area contributed by atoms with E-state index < -0.39 is 0 Å². The standard InChI is InChI=1S/C13H10BrN3OS2/c14-8-1-2-10(15)11(5-8)20-7-9-6-12(18)17-3-4-19-13(17)16-9/h1-6H,7,15H2. The van der Waals surface area contributed by atoms with E-state index in [2.05, 4.69) is 20.9 Å². The number of nitrogens with zero attached hydrogens (tertiary/aromatic N) is 2. The molecule has 2 heterocycles. The molecular weight excluding hydrogens is 358 g/mol. The first kappa shape index (κ1) is 13.7. The smallest absolute Gasteiger partial charge is 0.258 e. The first-order chi connectivity index (χ1) is 9.63. The lowest BCUT2D eigenvalue weighted by atomic mass is 10.3. The highest BCUT2D eigenvalue weighted by atomic mass is 79.9. The molecule has 20 heavy (non-hydrogen) atoms. The number of benzene rings is 1. The number of halogens is 1. The summed E-state index contributed by atoms with van der Waals surface area (Å²) in [5.41, 5.74) is 7.38. The average molecular weight is 368 g/mol. The van der Waals surface area contributed by atoms with Crippen molar-refractivity contribution in [3.63, 3.8) is 0 Å². The third-order valence-corrected chi connectivity index (χ3v) is 5.06. The lowest BCUT2D eigenvalue weighted by Gasteiger charge is -2.05. The van der Waals surface area contributed by atoms with Crippen molar-refractivity contribution >= 4 is 49.7 Å². The molecule has 3 rings (SSSR count). The van der Waals surface area contributed by atoms with Crippen molar-refractivity contribution in [1.82, 2.24) is 9.38 Å². The van der Waals surface area contributed by atoms with Gasteiger partial charge in [0, 0.05) is 38.5 Å². The fourth-order valence-electron chi connectivity index (χ4n) is 1.75. The molecule has 0 amide bonds. The highest BCUT2D eigenvalue weighted by Crippen LogP contribution is 2.30. The zero-order chi connectivity index (χ0) is 14.1. The van der Waals surface area contributed by atoms with Crippen molar-refractivity contribution in [1.29, 1.82) is 0 Å². The number of hydrogen-bond donors (Lipinski definition) is 1. The Bertz CT molecular complexity index is 828. The van der Waals surface area contributed by atoms with Crippen LogP contribution < -0.4 is 11.3 Å². The molecule has 2 N–H and O–H groups in total. The highest BCUT2D eigenvalue weighted by Gasteiger charge is 2.06.